The number of phenolic OH excluding ortho intramolecular Hbond substituents is 1. The highest BCUT2D eigenvalue weighted by atomic mass is 16.4. The number of azo groups is 1. The maximum Gasteiger partial charge on any atom is 0.307 e. The van der Waals surface area contributed by atoms with Gasteiger partial charge in [0.25, 0.3) is 5.91 Å². The summed E-state index contributed by atoms with van der Waals surface area (Å²) in [6, 6.07) is 9.64. The first-order valence-corrected chi connectivity index (χ1v) is 9.38. The number of aryl methyl sites for hydroxylation is 2. The first kappa shape index (κ1) is 18.8. The van der Waals surface area contributed by atoms with Crippen LogP contribution in [0.1, 0.15) is 30.0 Å². The first-order chi connectivity index (χ1) is 13.9. The molecule has 1 unspecified atom stereocenters. The summed E-state index contributed by atoms with van der Waals surface area (Å²) in [6.07, 6.45) is 2.86. The van der Waals surface area contributed by atoms with Crippen LogP contribution in [-0.2, 0) is 28.9 Å². The molecule has 0 saturated heterocycles. The minimum absolute atomic E-state index is 0.111. The highest BCUT2D eigenvalue weighted by Gasteiger charge is 2.35. The van der Waals surface area contributed by atoms with Gasteiger partial charge in [-0.25, -0.2) is 0 Å². The zero-order chi connectivity index (χ0) is 20.5. The summed E-state index contributed by atoms with van der Waals surface area (Å²) < 4.78 is 0. The van der Waals surface area contributed by atoms with Crippen molar-refractivity contribution in [1.29, 1.82) is 0 Å². The molecule has 1 aliphatic heterocycles. The lowest BCUT2D eigenvalue weighted by atomic mass is 10.1. The van der Waals surface area contributed by atoms with Crippen molar-refractivity contribution in [1.82, 2.24) is 0 Å². The van der Waals surface area contributed by atoms with Gasteiger partial charge >= 0.3 is 5.97 Å². The molecule has 2 aromatic rings. The predicted molar refractivity (Wildman–Crippen MR) is 107 cm³/mol. The zero-order valence-corrected chi connectivity index (χ0v) is 15.9. The van der Waals surface area contributed by atoms with E-state index in [2.05, 4.69) is 15.3 Å². The maximum atomic E-state index is 12.9. The number of carboxylic acid groups (broad SMARTS) is 1. The van der Waals surface area contributed by atoms with Crippen LogP contribution in [0.25, 0.3) is 0 Å². The summed E-state index contributed by atoms with van der Waals surface area (Å²) in [5, 5.41) is 32.9. The van der Waals surface area contributed by atoms with E-state index in [0.29, 0.717) is 11.4 Å². The SMILES string of the molecule is CC1=NN(c2ccc3c(c2)CCC3)C(=O)C1N=Nc1cccc(CC(=O)O)c1O. The number of hydrazone groups is 1. The first-order valence-electron chi connectivity index (χ1n) is 9.38. The van der Waals surface area contributed by atoms with Crippen molar-refractivity contribution in [2.24, 2.45) is 15.3 Å². The number of aliphatic carboxylic acids is 1. The summed E-state index contributed by atoms with van der Waals surface area (Å²) in [7, 11) is 0. The lowest BCUT2D eigenvalue weighted by Gasteiger charge is -2.14. The predicted octanol–water partition coefficient (Wildman–Crippen LogP) is 3.38. The average Bonchev–Trinajstić information content (AvgIpc) is 3.26. The molecule has 0 radical (unpaired) electrons. The van der Waals surface area contributed by atoms with E-state index in [1.807, 2.05) is 18.2 Å². The number of aromatic hydroxyl groups is 1. The third kappa shape index (κ3) is 3.61. The Morgan fingerprint density at radius 2 is 2.03 bits per heavy atom. The molecule has 2 aromatic carbocycles. The highest BCUT2D eigenvalue weighted by molar-refractivity contribution is 6.18. The second-order valence-corrected chi connectivity index (χ2v) is 7.17. The van der Waals surface area contributed by atoms with Gasteiger partial charge in [0.1, 0.15) is 11.4 Å². The number of hydrogen-bond donors (Lipinski definition) is 2. The average molecular weight is 392 g/mol. The Hall–Kier alpha value is -3.55. The number of rotatable bonds is 5. The summed E-state index contributed by atoms with van der Waals surface area (Å²) in [6.45, 7) is 1.70. The normalized spacial score (nSPS) is 18.4. The van der Waals surface area contributed by atoms with E-state index >= 15 is 0 Å². The van der Waals surface area contributed by atoms with E-state index in [1.165, 1.54) is 28.3 Å². The fraction of sp³-hybridized carbons (Fsp3) is 0.286. The largest absolute Gasteiger partial charge is 0.505 e. The number of carbonyl (C=O) groups is 2. The van der Waals surface area contributed by atoms with E-state index < -0.39 is 12.0 Å². The van der Waals surface area contributed by atoms with Crippen LogP contribution in [0.15, 0.2) is 51.7 Å². The lowest BCUT2D eigenvalue weighted by molar-refractivity contribution is -0.136. The van der Waals surface area contributed by atoms with E-state index in [0.717, 1.165) is 19.3 Å². The standard InChI is InChI=1S/C21H20N4O4/c1-12-19(23-22-17-7-3-6-15(20(17)28)11-18(26)27)21(29)25(24-12)16-9-8-13-4-2-5-14(13)10-16/h3,6-10,19,28H,2,4-5,11H2,1H3,(H,26,27). The number of amides is 1. The molecule has 8 heteroatoms. The molecule has 0 spiro atoms. The van der Waals surface area contributed by atoms with Crippen LogP contribution in [0, 0.1) is 0 Å². The van der Waals surface area contributed by atoms with Crippen LogP contribution in [0.5, 0.6) is 5.75 Å². The number of nitrogens with zero attached hydrogens (tertiary/aromatic N) is 4. The summed E-state index contributed by atoms with van der Waals surface area (Å²) in [4.78, 5) is 23.7. The Labute approximate surface area is 167 Å². The third-order valence-corrected chi connectivity index (χ3v) is 5.14. The van der Waals surface area contributed by atoms with E-state index in [4.69, 9.17) is 5.11 Å². The van der Waals surface area contributed by atoms with Gasteiger partial charge in [-0.15, -0.1) is 0 Å². The molecule has 0 fully saturated rings. The van der Waals surface area contributed by atoms with E-state index in [-0.39, 0.29) is 29.3 Å². The summed E-state index contributed by atoms with van der Waals surface area (Å²) >= 11 is 0. The van der Waals surface area contributed by atoms with Crippen molar-refractivity contribution in [3.63, 3.8) is 0 Å². The van der Waals surface area contributed by atoms with Gasteiger partial charge in [-0.2, -0.15) is 20.3 Å². The number of hydrogen-bond acceptors (Lipinski definition) is 6. The number of carbonyl (C=O) groups excluding carboxylic acids is 1. The van der Waals surface area contributed by atoms with E-state index in [9.17, 15) is 14.7 Å². The smallest absolute Gasteiger partial charge is 0.307 e. The second kappa shape index (κ2) is 7.46. The van der Waals surface area contributed by atoms with Crippen LogP contribution < -0.4 is 5.01 Å². The molecule has 1 heterocycles. The second-order valence-electron chi connectivity index (χ2n) is 7.17. The van der Waals surface area contributed by atoms with Gasteiger partial charge in [0.15, 0.2) is 6.04 Å². The Morgan fingerprint density at radius 3 is 2.83 bits per heavy atom. The van der Waals surface area contributed by atoms with Crippen molar-refractivity contribution in [2.45, 2.75) is 38.6 Å². The molecule has 0 aromatic heterocycles. The van der Waals surface area contributed by atoms with Crippen LogP contribution in [-0.4, -0.2) is 33.8 Å². The van der Waals surface area contributed by atoms with Crippen LogP contribution in [0.3, 0.4) is 0 Å². The molecular formula is C21H20N4O4. The van der Waals surface area contributed by atoms with Gasteiger partial charge in [0.2, 0.25) is 0 Å². The molecule has 29 heavy (non-hydrogen) atoms. The van der Waals surface area contributed by atoms with Crippen molar-refractivity contribution in [3.05, 3.63) is 53.1 Å². The van der Waals surface area contributed by atoms with Gasteiger partial charge in [-0.3, -0.25) is 9.59 Å². The minimum atomic E-state index is -1.06. The Morgan fingerprint density at radius 1 is 1.24 bits per heavy atom. The molecule has 0 saturated carbocycles. The van der Waals surface area contributed by atoms with Gasteiger partial charge in [0, 0.05) is 5.56 Å². The molecule has 8 nitrogen and oxygen atoms in total. The van der Waals surface area contributed by atoms with Crippen LogP contribution >= 0.6 is 0 Å². The molecule has 1 aliphatic carbocycles. The van der Waals surface area contributed by atoms with Gasteiger partial charge in [0.05, 0.1) is 17.8 Å². The molecular weight excluding hydrogens is 372 g/mol. The molecule has 4 rings (SSSR count). The third-order valence-electron chi connectivity index (χ3n) is 5.14. The monoisotopic (exact) mass is 392 g/mol. The van der Waals surface area contributed by atoms with Crippen molar-refractivity contribution < 1.29 is 19.8 Å². The summed E-state index contributed by atoms with van der Waals surface area (Å²) in [5.41, 5.74) is 4.11. The number of anilines is 1. The van der Waals surface area contributed by atoms with Gasteiger partial charge in [-0.1, -0.05) is 18.2 Å². The number of para-hydroxylation sites is 1. The van der Waals surface area contributed by atoms with Crippen LogP contribution in [0.4, 0.5) is 11.4 Å². The van der Waals surface area contributed by atoms with E-state index in [1.54, 1.807) is 13.0 Å². The van der Waals surface area contributed by atoms with Crippen molar-refractivity contribution >= 4 is 29.0 Å². The molecule has 0 bridgehead atoms. The number of carboxylic acids is 1. The summed E-state index contributed by atoms with van der Waals surface area (Å²) in [5.74, 6) is -1.63. The van der Waals surface area contributed by atoms with Gasteiger partial charge < -0.3 is 10.2 Å². The molecule has 1 amide bonds. The fourth-order valence-electron chi connectivity index (χ4n) is 3.65. The molecule has 148 valence electrons. The number of benzene rings is 2. The zero-order valence-electron chi connectivity index (χ0n) is 15.9. The topological polar surface area (TPSA) is 115 Å². The Balaban J connectivity index is 1.56. The van der Waals surface area contributed by atoms with Crippen LogP contribution in [0.2, 0.25) is 0 Å². The minimum Gasteiger partial charge on any atom is -0.505 e. The fourth-order valence-corrected chi connectivity index (χ4v) is 3.65. The number of phenols is 1. The highest BCUT2D eigenvalue weighted by Crippen LogP contribution is 2.32. The quantitative estimate of drug-likeness (QED) is 0.759. The van der Waals surface area contributed by atoms with Gasteiger partial charge in [-0.05, 0) is 55.5 Å². The molecule has 2 aliphatic rings. The lowest BCUT2D eigenvalue weighted by Crippen LogP contribution is -2.29. The van der Waals surface area contributed by atoms with Crippen molar-refractivity contribution in [3.8, 4) is 5.75 Å². The molecule has 2 N–H and O–H groups in total. The molecule has 1 atom stereocenters. The number of fused-ring (bicyclic) bond motifs is 1. The van der Waals surface area contributed by atoms with Crippen molar-refractivity contribution in [2.75, 3.05) is 5.01 Å². The Kier molecular flexibility index (Phi) is 4.84. The maximum absolute atomic E-state index is 12.9. The Bertz CT molecular complexity index is 1060.